The topological polar surface area (TPSA) is 23.5 Å². The zero-order valence-corrected chi connectivity index (χ0v) is 12.0. The zero-order valence-electron chi connectivity index (χ0n) is 12.0. The molecule has 1 heterocycles. The minimum Gasteiger partial charge on any atom is -0.508 e. The zero-order chi connectivity index (χ0) is 13.3. The van der Waals surface area contributed by atoms with Gasteiger partial charge in [0.2, 0.25) is 0 Å². The van der Waals surface area contributed by atoms with Crippen molar-refractivity contribution in [2.24, 2.45) is 0 Å². The van der Waals surface area contributed by atoms with E-state index in [1.807, 2.05) is 13.0 Å². The highest BCUT2D eigenvalue weighted by atomic mass is 16.3. The predicted octanol–water partition coefficient (Wildman–Crippen LogP) is 4.02. The summed E-state index contributed by atoms with van der Waals surface area (Å²) in [6, 6.07) is 7.61. The number of aryl methyl sites for hydroxylation is 1. The molecule has 2 nitrogen and oxygen atoms in total. The lowest BCUT2D eigenvalue weighted by Gasteiger charge is -2.34. The average molecular weight is 247 g/mol. The molecule has 18 heavy (non-hydrogen) atoms. The summed E-state index contributed by atoms with van der Waals surface area (Å²) in [5.41, 5.74) is 2.18. The van der Waals surface area contributed by atoms with E-state index < -0.39 is 0 Å². The maximum Gasteiger partial charge on any atom is 0.120 e. The van der Waals surface area contributed by atoms with Gasteiger partial charge in [0.15, 0.2) is 0 Å². The Balaban J connectivity index is 2.26. The highest BCUT2D eigenvalue weighted by Crippen LogP contribution is 2.37. The Morgan fingerprint density at radius 2 is 2.11 bits per heavy atom. The Morgan fingerprint density at radius 1 is 1.39 bits per heavy atom. The molecule has 2 rings (SSSR count). The summed E-state index contributed by atoms with van der Waals surface area (Å²) >= 11 is 0. The van der Waals surface area contributed by atoms with E-state index in [1.165, 1.54) is 19.3 Å². The fourth-order valence-corrected chi connectivity index (χ4v) is 3.37. The molecular weight excluding hydrogens is 222 g/mol. The lowest BCUT2D eigenvalue weighted by Crippen LogP contribution is -2.36. The number of benzene rings is 1. The second kappa shape index (κ2) is 5.31. The summed E-state index contributed by atoms with van der Waals surface area (Å²) in [4.78, 5) is 2.57. The molecule has 3 atom stereocenters. The normalized spacial score (nSPS) is 26.4. The Bertz CT molecular complexity index is 416. The van der Waals surface area contributed by atoms with Crippen molar-refractivity contribution in [1.29, 1.82) is 0 Å². The van der Waals surface area contributed by atoms with Crippen LogP contribution in [0.3, 0.4) is 0 Å². The summed E-state index contributed by atoms with van der Waals surface area (Å²) in [5, 5.41) is 10.1. The van der Waals surface area contributed by atoms with Crippen LogP contribution in [-0.4, -0.2) is 22.1 Å². The fourth-order valence-electron chi connectivity index (χ4n) is 3.37. The lowest BCUT2D eigenvalue weighted by molar-refractivity contribution is 0.142. The first-order chi connectivity index (χ1) is 8.54. The van der Waals surface area contributed by atoms with E-state index in [4.69, 9.17) is 0 Å². The average Bonchev–Trinajstić information content (AvgIpc) is 2.69. The maximum atomic E-state index is 10.1. The molecule has 2 heteroatoms. The van der Waals surface area contributed by atoms with E-state index in [9.17, 15) is 5.11 Å². The van der Waals surface area contributed by atoms with Gasteiger partial charge in [-0.1, -0.05) is 19.1 Å². The van der Waals surface area contributed by atoms with E-state index in [2.05, 4.69) is 37.8 Å². The quantitative estimate of drug-likeness (QED) is 0.872. The van der Waals surface area contributed by atoms with Crippen LogP contribution in [0.4, 0.5) is 0 Å². The summed E-state index contributed by atoms with van der Waals surface area (Å²) in [5.74, 6) is 0.441. The third-order valence-electron chi connectivity index (χ3n) is 4.40. The van der Waals surface area contributed by atoms with Crippen LogP contribution in [-0.2, 0) is 0 Å². The van der Waals surface area contributed by atoms with Crippen LogP contribution in [0.1, 0.15) is 57.2 Å². The van der Waals surface area contributed by atoms with Crippen LogP contribution >= 0.6 is 0 Å². The Hall–Kier alpha value is -1.02. The molecule has 0 aliphatic carbocycles. The van der Waals surface area contributed by atoms with Gasteiger partial charge in [0.05, 0.1) is 0 Å². The molecule has 0 amide bonds. The van der Waals surface area contributed by atoms with Crippen LogP contribution in [0.2, 0.25) is 0 Å². The third kappa shape index (κ3) is 2.39. The number of phenolic OH excluding ortho intramolecular Hbond substituents is 1. The van der Waals surface area contributed by atoms with Crippen molar-refractivity contribution in [3.8, 4) is 5.75 Å². The minimum atomic E-state index is 0.299. The minimum absolute atomic E-state index is 0.299. The number of rotatable bonds is 3. The van der Waals surface area contributed by atoms with E-state index in [1.54, 1.807) is 0 Å². The number of hydrogen-bond acceptors (Lipinski definition) is 2. The fraction of sp³-hybridized carbons (Fsp3) is 0.625. The van der Waals surface area contributed by atoms with Crippen molar-refractivity contribution in [2.75, 3.05) is 0 Å². The second-order valence-electron chi connectivity index (χ2n) is 5.67. The van der Waals surface area contributed by atoms with Gasteiger partial charge in [-0.15, -0.1) is 0 Å². The van der Waals surface area contributed by atoms with Crippen molar-refractivity contribution in [1.82, 2.24) is 4.90 Å². The smallest absolute Gasteiger partial charge is 0.120 e. The molecule has 0 spiro atoms. The number of nitrogens with zero attached hydrogens (tertiary/aromatic N) is 1. The highest BCUT2D eigenvalue weighted by molar-refractivity contribution is 5.38. The summed E-state index contributed by atoms with van der Waals surface area (Å²) in [6.45, 7) is 8.80. The van der Waals surface area contributed by atoms with E-state index in [0.29, 0.717) is 23.9 Å². The van der Waals surface area contributed by atoms with Crippen molar-refractivity contribution < 1.29 is 5.11 Å². The summed E-state index contributed by atoms with van der Waals surface area (Å²) in [7, 11) is 0. The van der Waals surface area contributed by atoms with E-state index >= 15 is 0 Å². The first kappa shape index (κ1) is 13.4. The molecule has 0 bridgehead atoms. The standard InChI is InChI=1S/C16H25NO/c1-5-14-8-7-12(3)17(14)13(4)15-9-6-11(2)10-16(15)18/h6,9-10,12-14,18H,5,7-8H2,1-4H3. The number of aromatic hydroxyl groups is 1. The number of phenols is 1. The molecule has 1 aliphatic heterocycles. The predicted molar refractivity (Wildman–Crippen MR) is 75.9 cm³/mol. The monoisotopic (exact) mass is 247 g/mol. The van der Waals surface area contributed by atoms with Crippen LogP contribution in [0, 0.1) is 6.92 Å². The van der Waals surface area contributed by atoms with Crippen molar-refractivity contribution in [3.63, 3.8) is 0 Å². The van der Waals surface area contributed by atoms with Crippen LogP contribution < -0.4 is 0 Å². The molecule has 1 aliphatic rings. The van der Waals surface area contributed by atoms with Crippen molar-refractivity contribution >= 4 is 0 Å². The van der Waals surface area contributed by atoms with Crippen molar-refractivity contribution in [2.45, 2.75) is 65.1 Å². The van der Waals surface area contributed by atoms with Crippen LogP contribution in [0.5, 0.6) is 5.75 Å². The van der Waals surface area contributed by atoms with Gasteiger partial charge >= 0.3 is 0 Å². The molecule has 0 saturated carbocycles. The van der Waals surface area contributed by atoms with E-state index in [0.717, 1.165) is 11.1 Å². The van der Waals surface area contributed by atoms with Crippen LogP contribution in [0.15, 0.2) is 18.2 Å². The van der Waals surface area contributed by atoms with Gasteiger partial charge in [-0.05, 0) is 51.7 Å². The van der Waals surface area contributed by atoms with Gasteiger partial charge in [-0.25, -0.2) is 0 Å². The number of hydrogen-bond donors (Lipinski definition) is 1. The third-order valence-corrected chi connectivity index (χ3v) is 4.40. The lowest BCUT2D eigenvalue weighted by atomic mass is 10.0. The van der Waals surface area contributed by atoms with Gasteiger partial charge in [0.25, 0.3) is 0 Å². The first-order valence-electron chi connectivity index (χ1n) is 7.11. The SMILES string of the molecule is CCC1CCC(C)N1C(C)c1ccc(C)cc1O. The molecule has 1 N–H and O–H groups in total. The molecule has 1 aromatic carbocycles. The largest absolute Gasteiger partial charge is 0.508 e. The van der Waals surface area contributed by atoms with E-state index in [-0.39, 0.29) is 0 Å². The highest BCUT2D eigenvalue weighted by Gasteiger charge is 2.34. The van der Waals surface area contributed by atoms with Crippen molar-refractivity contribution in [3.05, 3.63) is 29.3 Å². The first-order valence-corrected chi connectivity index (χ1v) is 7.11. The van der Waals surface area contributed by atoms with Gasteiger partial charge in [-0.3, -0.25) is 4.90 Å². The Morgan fingerprint density at radius 3 is 2.72 bits per heavy atom. The summed E-state index contributed by atoms with van der Waals surface area (Å²) < 4.78 is 0. The number of likely N-dealkylation sites (tertiary alicyclic amines) is 1. The summed E-state index contributed by atoms with van der Waals surface area (Å²) in [6.07, 6.45) is 3.76. The second-order valence-corrected chi connectivity index (χ2v) is 5.67. The van der Waals surface area contributed by atoms with Gasteiger partial charge in [-0.2, -0.15) is 0 Å². The molecule has 100 valence electrons. The molecule has 3 unspecified atom stereocenters. The Kier molecular flexibility index (Phi) is 3.96. The molecular formula is C16H25NO. The molecule has 1 saturated heterocycles. The van der Waals surface area contributed by atoms with Gasteiger partial charge < -0.3 is 5.11 Å². The van der Waals surface area contributed by atoms with Gasteiger partial charge in [0, 0.05) is 23.7 Å². The molecule has 1 fully saturated rings. The van der Waals surface area contributed by atoms with Gasteiger partial charge in [0.1, 0.15) is 5.75 Å². The molecule has 0 aromatic heterocycles. The molecule has 0 radical (unpaired) electrons. The Labute approximate surface area is 111 Å². The maximum absolute atomic E-state index is 10.1. The molecule has 1 aromatic rings. The van der Waals surface area contributed by atoms with Crippen LogP contribution in [0.25, 0.3) is 0 Å².